The summed E-state index contributed by atoms with van der Waals surface area (Å²) >= 11 is 7.83. The molecule has 3 N–H and O–H groups in total. The van der Waals surface area contributed by atoms with Crippen molar-refractivity contribution < 1.29 is 0 Å². The number of aromatic nitrogens is 3. The van der Waals surface area contributed by atoms with E-state index in [9.17, 15) is 0 Å². The monoisotopic (exact) mass is 424 g/mol. The maximum atomic E-state index is 6.29. The van der Waals surface area contributed by atoms with Crippen molar-refractivity contribution in [2.45, 2.75) is 6.54 Å². The zero-order chi connectivity index (χ0) is 19.6. The van der Waals surface area contributed by atoms with E-state index in [-0.39, 0.29) is 0 Å². The Balaban J connectivity index is 1.35. The smallest absolute Gasteiger partial charge is 0.206 e. The molecule has 5 rings (SSSR count). The van der Waals surface area contributed by atoms with Crippen LogP contribution in [0.3, 0.4) is 0 Å². The summed E-state index contributed by atoms with van der Waals surface area (Å²) in [5.74, 6) is 1.47. The highest BCUT2D eigenvalue weighted by molar-refractivity contribution is 7.15. The first-order chi connectivity index (χ1) is 14.2. The molecule has 4 aromatic rings. The van der Waals surface area contributed by atoms with Gasteiger partial charge >= 0.3 is 0 Å². The Kier molecular flexibility index (Phi) is 5.20. The minimum atomic E-state index is 0.681. The summed E-state index contributed by atoms with van der Waals surface area (Å²) in [7, 11) is 0. The van der Waals surface area contributed by atoms with E-state index >= 15 is 0 Å². The van der Waals surface area contributed by atoms with Gasteiger partial charge in [-0.2, -0.15) is 0 Å². The van der Waals surface area contributed by atoms with Gasteiger partial charge in [-0.15, -0.1) is 11.3 Å². The molecule has 0 bridgehead atoms. The van der Waals surface area contributed by atoms with E-state index in [0.29, 0.717) is 5.95 Å². The summed E-state index contributed by atoms with van der Waals surface area (Å²) in [6.07, 6.45) is 1.85. The highest BCUT2D eigenvalue weighted by Gasteiger charge is 2.11. The van der Waals surface area contributed by atoms with Crippen molar-refractivity contribution in [2.24, 2.45) is 0 Å². The van der Waals surface area contributed by atoms with Crippen molar-refractivity contribution in [3.05, 3.63) is 57.9 Å². The standard InChI is InChI=1S/C21H21ClN6S/c22-20-16(4-10-29-20)15-1-2-17-18(12-15)26-21(25-17)27-19-11-14(3-5-24-19)13-28-8-6-23-7-9-28/h1-5,10-12,23H,6-9,13H2,(H2,24,25,26,27). The van der Waals surface area contributed by atoms with Crippen LogP contribution in [0.15, 0.2) is 48.0 Å². The maximum Gasteiger partial charge on any atom is 0.206 e. The Morgan fingerprint density at radius 1 is 1.14 bits per heavy atom. The van der Waals surface area contributed by atoms with E-state index in [0.717, 1.165) is 65.0 Å². The van der Waals surface area contributed by atoms with E-state index in [4.69, 9.17) is 11.6 Å². The number of hydrogen-bond donors (Lipinski definition) is 3. The molecule has 1 saturated heterocycles. The van der Waals surface area contributed by atoms with Gasteiger partial charge in [-0.1, -0.05) is 17.7 Å². The molecule has 3 aromatic heterocycles. The zero-order valence-corrected chi connectivity index (χ0v) is 17.4. The Morgan fingerprint density at radius 2 is 2.03 bits per heavy atom. The third-order valence-electron chi connectivity index (χ3n) is 5.10. The Labute approximate surface area is 177 Å². The molecule has 148 valence electrons. The molecule has 1 fully saturated rings. The second kappa shape index (κ2) is 8.12. The van der Waals surface area contributed by atoms with Crippen LogP contribution >= 0.6 is 22.9 Å². The van der Waals surface area contributed by atoms with Crippen LogP contribution < -0.4 is 10.6 Å². The van der Waals surface area contributed by atoms with Crippen molar-refractivity contribution in [3.63, 3.8) is 0 Å². The number of thiophene rings is 1. The number of hydrogen-bond acceptors (Lipinski definition) is 6. The number of piperazine rings is 1. The average Bonchev–Trinajstić information content (AvgIpc) is 3.33. The number of rotatable bonds is 5. The summed E-state index contributed by atoms with van der Waals surface area (Å²) in [5, 5.41) is 8.69. The van der Waals surface area contributed by atoms with Crippen LogP contribution in [0, 0.1) is 0 Å². The van der Waals surface area contributed by atoms with Gasteiger partial charge in [-0.25, -0.2) is 9.97 Å². The van der Waals surface area contributed by atoms with E-state index in [1.54, 1.807) is 0 Å². The van der Waals surface area contributed by atoms with Crippen molar-refractivity contribution in [1.82, 2.24) is 25.2 Å². The third-order valence-corrected chi connectivity index (χ3v) is 6.27. The van der Waals surface area contributed by atoms with Gasteiger partial charge in [0.25, 0.3) is 0 Å². The Bertz CT molecular complexity index is 1130. The van der Waals surface area contributed by atoms with Crippen LogP contribution in [0.4, 0.5) is 11.8 Å². The predicted octanol–water partition coefficient (Wildman–Crippen LogP) is 4.49. The third kappa shape index (κ3) is 4.13. The molecule has 6 nitrogen and oxygen atoms in total. The van der Waals surface area contributed by atoms with Gasteiger partial charge in [0.05, 0.1) is 11.0 Å². The number of halogens is 1. The second-order valence-corrected chi connectivity index (χ2v) is 8.64. The molecule has 0 spiro atoms. The fourth-order valence-corrected chi connectivity index (χ4v) is 4.59. The molecule has 4 heterocycles. The van der Waals surface area contributed by atoms with E-state index in [2.05, 4.69) is 48.7 Å². The Morgan fingerprint density at radius 3 is 2.86 bits per heavy atom. The van der Waals surface area contributed by atoms with Gasteiger partial charge in [0.2, 0.25) is 5.95 Å². The highest BCUT2D eigenvalue weighted by atomic mass is 35.5. The minimum Gasteiger partial charge on any atom is -0.324 e. The van der Waals surface area contributed by atoms with Crippen LogP contribution in [-0.2, 0) is 6.54 Å². The van der Waals surface area contributed by atoms with Gasteiger partial charge in [-0.3, -0.25) is 4.90 Å². The number of nitrogens with one attached hydrogen (secondary N) is 3. The van der Waals surface area contributed by atoms with Gasteiger partial charge in [0.1, 0.15) is 10.2 Å². The number of fused-ring (bicyclic) bond motifs is 1. The number of H-pyrrole nitrogens is 1. The lowest BCUT2D eigenvalue weighted by Gasteiger charge is -2.27. The molecule has 0 unspecified atom stereocenters. The lowest BCUT2D eigenvalue weighted by Crippen LogP contribution is -2.42. The second-order valence-electron chi connectivity index (χ2n) is 7.13. The molecule has 8 heteroatoms. The topological polar surface area (TPSA) is 68.9 Å². The minimum absolute atomic E-state index is 0.681. The van der Waals surface area contributed by atoms with Crippen LogP contribution in [0.25, 0.3) is 22.2 Å². The van der Waals surface area contributed by atoms with Crippen LogP contribution in [0.2, 0.25) is 4.34 Å². The van der Waals surface area contributed by atoms with Gasteiger partial charge in [0, 0.05) is 44.5 Å². The molecule has 0 radical (unpaired) electrons. The molecule has 0 amide bonds. The molecule has 1 aromatic carbocycles. The maximum absolute atomic E-state index is 6.29. The summed E-state index contributed by atoms with van der Waals surface area (Å²) in [6, 6.07) is 12.3. The van der Waals surface area contributed by atoms with Gasteiger partial charge in [0.15, 0.2) is 0 Å². The van der Waals surface area contributed by atoms with Crippen LogP contribution in [0.5, 0.6) is 0 Å². The largest absolute Gasteiger partial charge is 0.324 e. The quantitative estimate of drug-likeness (QED) is 0.440. The van der Waals surface area contributed by atoms with Crippen LogP contribution in [-0.4, -0.2) is 46.0 Å². The summed E-state index contributed by atoms with van der Waals surface area (Å²) in [4.78, 5) is 14.9. The average molecular weight is 425 g/mol. The number of benzene rings is 1. The van der Waals surface area contributed by atoms with Crippen LogP contribution in [0.1, 0.15) is 5.56 Å². The number of anilines is 2. The molecular formula is C21H21ClN6S. The summed E-state index contributed by atoms with van der Waals surface area (Å²) in [6.45, 7) is 5.18. The van der Waals surface area contributed by atoms with Gasteiger partial charge < -0.3 is 15.6 Å². The first kappa shape index (κ1) is 18.6. The Hall–Kier alpha value is -2.45. The molecular weight excluding hydrogens is 404 g/mol. The van der Waals surface area contributed by atoms with Crippen molar-refractivity contribution in [2.75, 3.05) is 31.5 Å². The normalized spacial score (nSPS) is 15.1. The van der Waals surface area contributed by atoms with Crippen molar-refractivity contribution in [3.8, 4) is 11.1 Å². The summed E-state index contributed by atoms with van der Waals surface area (Å²) < 4.78 is 0.799. The first-order valence-corrected chi connectivity index (χ1v) is 10.9. The van der Waals surface area contributed by atoms with Gasteiger partial charge in [-0.05, 0) is 46.8 Å². The predicted molar refractivity (Wildman–Crippen MR) is 120 cm³/mol. The molecule has 1 aliphatic rings. The zero-order valence-electron chi connectivity index (χ0n) is 15.8. The summed E-state index contributed by atoms with van der Waals surface area (Å²) in [5.41, 5.74) is 5.23. The first-order valence-electron chi connectivity index (χ1n) is 9.63. The fourth-order valence-electron chi connectivity index (χ4n) is 3.63. The van der Waals surface area contributed by atoms with E-state index in [1.807, 2.05) is 29.8 Å². The molecule has 0 aliphatic carbocycles. The molecule has 0 atom stereocenters. The number of pyridine rings is 1. The van der Waals surface area contributed by atoms with Crippen molar-refractivity contribution in [1.29, 1.82) is 0 Å². The molecule has 29 heavy (non-hydrogen) atoms. The SMILES string of the molecule is Clc1sccc1-c1ccc2nc(Nc3cc(CN4CCNCC4)ccn3)[nH]c2c1. The lowest BCUT2D eigenvalue weighted by molar-refractivity contribution is 0.233. The number of imidazole rings is 1. The van der Waals surface area contributed by atoms with E-state index < -0.39 is 0 Å². The van der Waals surface area contributed by atoms with Crippen molar-refractivity contribution >= 4 is 45.7 Å². The molecule has 0 saturated carbocycles. The van der Waals surface area contributed by atoms with E-state index in [1.165, 1.54) is 16.9 Å². The fraction of sp³-hybridized carbons (Fsp3) is 0.238. The lowest BCUT2D eigenvalue weighted by atomic mass is 10.1. The number of nitrogens with zero attached hydrogens (tertiary/aromatic N) is 3. The number of aromatic amines is 1. The highest BCUT2D eigenvalue weighted by Crippen LogP contribution is 2.34. The molecule has 1 aliphatic heterocycles.